The van der Waals surface area contributed by atoms with Gasteiger partial charge in [0.15, 0.2) is 0 Å². The third-order valence-electron chi connectivity index (χ3n) is 3.96. The van der Waals surface area contributed by atoms with Crippen LogP contribution in [0.2, 0.25) is 0 Å². The summed E-state index contributed by atoms with van der Waals surface area (Å²) in [5, 5.41) is 3.26. The maximum atomic E-state index is 3.26. The van der Waals surface area contributed by atoms with Crippen LogP contribution in [0.15, 0.2) is 23.3 Å². The van der Waals surface area contributed by atoms with Gasteiger partial charge in [-0.25, -0.2) is 0 Å². The Hall–Kier alpha value is -0.600. The molecule has 1 saturated heterocycles. The lowest BCUT2D eigenvalue weighted by molar-refractivity contribution is 0.342. The second kappa shape index (κ2) is 6.36. The molecule has 1 N–H and O–H groups in total. The van der Waals surface area contributed by atoms with Crippen molar-refractivity contribution in [2.75, 3.05) is 33.2 Å². The molecule has 0 aromatic heterocycles. The minimum atomic E-state index is 0.920. The topological polar surface area (TPSA) is 15.3 Å². The summed E-state index contributed by atoms with van der Waals surface area (Å²) in [6.07, 6.45) is 9.99. The van der Waals surface area contributed by atoms with Crippen LogP contribution in [0.5, 0.6) is 0 Å². The van der Waals surface area contributed by atoms with Gasteiger partial charge in [0.2, 0.25) is 0 Å². The van der Waals surface area contributed by atoms with Crippen LogP contribution in [-0.4, -0.2) is 38.1 Å². The fourth-order valence-electron chi connectivity index (χ4n) is 2.99. The van der Waals surface area contributed by atoms with Gasteiger partial charge in [0.1, 0.15) is 0 Å². The summed E-state index contributed by atoms with van der Waals surface area (Å²) in [6.45, 7) is 7.21. The molecule has 1 aliphatic heterocycles. The number of hydrogen-bond acceptors (Lipinski definition) is 2. The van der Waals surface area contributed by atoms with Gasteiger partial charge in [-0.3, -0.25) is 4.90 Å². The van der Waals surface area contributed by atoms with Crippen molar-refractivity contribution in [2.45, 2.75) is 32.6 Å². The number of likely N-dealkylation sites (tertiary alicyclic amines) is 1. The number of hydrogen-bond donors (Lipinski definition) is 1. The van der Waals surface area contributed by atoms with Gasteiger partial charge in [-0.1, -0.05) is 23.3 Å². The summed E-state index contributed by atoms with van der Waals surface area (Å²) in [7, 11) is 2.05. The van der Waals surface area contributed by atoms with Crippen molar-refractivity contribution in [3.05, 3.63) is 23.3 Å². The molecule has 96 valence electrons. The number of allylic oxidation sites excluding steroid dienone is 3. The molecule has 0 spiro atoms. The van der Waals surface area contributed by atoms with Crippen LogP contribution in [0.3, 0.4) is 0 Å². The minimum Gasteiger partial charge on any atom is -0.320 e. The van der Waals surface area contributed by atoms with E-state index in [1.165, 1.54) is 57.4 Å². The summed E-state index contributed by atoms with van der Waals surface area (Å²) in [5.74, 6) is 0.920. The molecule has 0 amide bonds. The maximum absolute atomic E-state index is 3.26. The first-order valence-corrected chi connectivity index (χ1v) is 7.01. The molecular formula is C15H26N2. The molecule has 0 radical (unpaired) electrons. The zero-order valence-corrected chi connectivity index (χ0v) is 11.3. The lowest BCUT2D eigenvalue weighted by Gasteiger charge is -2.20. The third-order valence-corrected chi connectivity index (χ3v) is 3.96. The number of nitrogens with one attached hydrogen (secondary N) is 1. The first-order chi connectivity index (χ1) is 8.28. The van der Waals surface area contributed by atoms with E-state index in [0.717, 1.165) is 5.92 Å². The molecule has 2 heteroatoms. The highest BCUT2D eigenvalue weighted by Gasteiger charge is 2.22. The summed E-state index contributed by atoms with van der Waals surface area (Å²) < 4.78 is 0. The molecule has 17 heavy (non-hydrogen) atoms. The van der Waals surface area contributed by atoms with Crippen molar-refractivity contribution in [3.63, 3.8) is 0 Å². The van der Waals surface area contributed by atoms with Crippen LogP contribution >= 0.6 is 0 Å². The number of nitrogens with zero attached hydrogens (tertiary/aromatic N) is 1. The van der Waals surface area contributed by atoms with E-state index in [1.54, 1.807) is 5.57 Å². The lowest BCUT2D eigenvalue weighted by atomic mass is 10.00. The Morgan fingerprint density at radius 3 is 3.12 bits per heavy atom. The molecule has 1 atom stereocenters. The Balaban J connectivity index is 1.76. The summed E-state index contributed by atoms with van der Waals surface area (Å²) in [6, 6.07) is 0. The maximum Gasteiger partial charge on any atom is 0.0196 e. The van der Waals surface area contributed by atoms with Crippen molar-refractivity contribution in [2.24, 2.45) is 5.92 Å². The van der Waals surface area contributed by atoms with Crippen molar-refractivity contribution < 1.29 is 0 Å². The average Bonchev–Trinajstić information content (AvgIpc) is 2.74. The van der Waals surface area contributed by atoms with Gasteiger partial charge in [-0.15, -0.1) is 0 Å². The smallest absolute Gasteiger partial charge is 0.0196 e. The zero-order valence-electron chi connectivity index (χ0n) is 11.3. The first-order valence-electron chi connectivity index (χ1n) is 7.01. The first kappa shape index (κ1) is 12.8. The molecule has 0 aromatic carbocycles. The Kier molecular flexibility index (Phi) is 4.81. The molecule has 0 saturated carbocycles. The quantitative estimate of drug-likeness (QED) is 0.786. The van der Waals surface area contributed by atoms with Gasteiger partial charge in [0.05, 0.1) is 0 Å². The van der Waals surface area contributed by atoms with Gasteiger partial charge in [-0.2, -0.15) is 0 Å². The van der Waals surface area contributed by atoms with E-state index in [0.29, 0.717) is 0 Å². The normalized spacial score (nSPS) is 25.9. The largest absolute Gasteiger partial charge is 0.320 e. The number of rotatable bonds is 5. The SMILES string of the molecule is CNCCC1CCN(CC2=CC(C)=CCC2)C1. The fraction of sp³-hybridized carbons (Fsp3) is 0.733. The standard InChI is InChI=1S/C15H26N2/c1-13-4-3-5-15(10-13)12-17-9-7-14(11-17)6-8-16-2/h4,10,14,16H,3,5-9,11-12H2,1-2H3. The molecule has 0 bridgehead atoms. The Bertz CT molecular complexity index is 304. The Morgan fingerprint density at radius 1 is 1.47 bits per heavy atom. The lowest BCUT2D eigenvalue weighted by Crippen LogP contribution is -2.24. The molecule has 2 aliphatic rings. The van der Waals surface area contributed by atoms with Gasteiger partial charge in [0, 0.05) is 13.1 Å². The molecule has 1 heterocycles. The van der Waals surface area contributed by atoms with Crippen molar-refractivity contribution in [1.29, 1.82) is 0 Å². The van der Waals surface area contributed by atoms with Crippen molar-refractivity contribution >= 4 is 0 Å². The van der Waals surface area contributed by atoms with E-state index in [1.807, 2.05) is 0 Å². The van der Waals surface area contributed by atoms with Crippen LogP contribution in [0.4, 0.5) is 0 Å². The fourth-order valence-corrected chi connectivity index (χ4v) is 2.99. The summed E-state index contributed by atoms with van der Waals surface area (Å²) >= 11 is 0. The van der Waals surface area contributed by atoms with Gasteiger partial charge < -0.3 is 5.32 Å². The highest BCUT2D eigenvalue weighted by molar-refractivity contribution is 5.26. The minimum absolute atomic E-state index is 0.920. The van der Waals surface area contributed by atoms with Crippen LogP contribution in [-0.2, 0) is 0 Å². The molecule has 0 aromatic rings. The van der Waals surface area contributed by atoms with Crippen molar-refractivity contribution in [1.82, 2.24) is 10.2 Å². The molecular weight excluding hydrogens is 208 g/mol. The molecule has 1 fully saturated rings. The predicted octanol–water partition coefficient (Wildman–Crippen LogP) is 2.58. The highest BCUT2D eigenvalue weighted by Crippen LogP contribution is 2.23. The van der Waals surface area contributed by atoms with E-state index in [2.05, 4.69) is 36.3 Å². The van der Waals surface area contributed by atoms with Gasteiger partial charge in [0.25, 0.3) is 0 Å². The predicted molar refractivity (Wildman–Crippen MR) is 74.2 cm³/mol. The van der Waals surface area contributed by atoms with E-state index in [4.69, 9.17) is 0 Å². The molecule has 2 rings (SSSR count). The Morgan fingerprint density at radius 2 is 2.35 bits per heavy atom. The van der Waals surface area contributed by atoms with E-state index < -0.39 is 0 Å². The third kappa shape index (κ3) is 3.97. The second-order valence-corrected chi connectivity index (χ2v) is 5.57. The van der Waals surface area contributed by atoms with Crippen LogP contribution in [0.25, 0.3) is 0 Å². The van der Waals surface area contributed by atoms with Gasteiger partial charge in [-0.05, 0) is 58.7 Å². The molecule has 1 unspecified atom stereocenters. The monoisotopic (exact) mass is 234 g/mol. The van der Waals surface area contributed by atoms with Crippen LogP contribution in [0.1, 0.15) is 32.6 Å². The zero-order chi connectivity index (χ0) is 12.1. The van der Waals surface area contributed by atoms with Crippen LogP contribution < -0.4 is 5.32 Å². The van der Waals surface area contributed by atoms with Gasteiger partial charge >= 0.3 is 0 Å². The van der Waals surface area contributed by atoms with E-state index in [9.17, 15) is 0 Å². The highest BCUT2D eigenvalue weighted by atomic mass is 15.1. The summed E-state index contributed by atoms with van der Waals surface area (Å²) in [5.41, 5.74) is 3.09. The average molecular weight is 234 g/mol. The van der Waals surface area contributed by atoms with Crippen molar-refractivity contribution in [3.8, 4) is 0 Å². The molecule has 1 aliphatic carbocycles. The van der Waals surface area contributed by atoms with Crippen LogP contribution in [0, 0.1) is 5.92 Å². The van der Waals surface area contributed by atoms with E-state index >= 15 is 0 Å². The molecule has 2 nitrogen and oxygen atoms in total. The summed E-state index contributed by atoms with van der Waals surface area (Å²) in [4.78, 5) is 2.64. The van der Waals surface area contributed by atoms with E-state index in [-0.39, 0.29) is 0 Å². The second-order valence-electron chi connectivity index (χ2n) is 5.57. The Labute approximate surface area is 106 Å².